The van der Waals surface area contributed by atoms with E-state index in [1.54, 1.807) is 11.9 Å². The summed E-state index contributed by atoms with van der Waals surface area (Å²) in [5.74, 6) is 0.425. The lowest BCUT2D eigenvalue weighted by atomic mass is 9.96. The number of nitrogens with zero attached hydrogens (tertiary/aromatic N) is 1. The molecule has 0 aromatic rings. The summed E-state index contributed by atoms with van der Waals surface area (Å²) in [6, 6.07) is 0.117. The van der Waals surface area contributed by atoms with Gasteiger partial charge in [0.1, 0.15) is 0 Å². The lowest BCUT2D eigenvalue weighted by Gasteiger charge is -2.22. The van der Waals surface area contributed by atoms with E-state index < -0.39 is 5.41 Å². The average molecular weight is 285 g/mol. The van der Waals surface area contributed by atoms with Crippen LogP contribution in [0.3, 0.4) is 0 Å². The third kappa shape index (κ3) is 7.48. The lowest BCUT2D eigenvalue weighted by molar-refractivity contribution is -0.130. The van der Waals surface area contributed by atoms with Gasteiger partial charge in [-0.25, -0.2) is 0 Å². The van der Waals surface area contributed by atoms with Crippen molar-refractivity contribution in [2.24, 2.45) is 17.1 Å². The number of carbonyl (C=O) groups excluding carboxylic acids is 2. The van der Waals surface area contributed by atoms with Gasteiger partial charge in [0.2, 0.25) is 11.8 Å². The van der Waals surface area contributed by atoms with Gasteiger partial charge < -0.3 is 16.0 Å². The number of amides is 2. The van der Waals surface area contributed by atoms with Crippen molar-refractivity contribution in [1.82, 2.24) is 10.2 Å². The predicted octanol–water partition coefficient (Wildman–Crippen LogP) is 1.37. The molecule has 0 saturated carbocycles. The zero-order valence-corrected chi connectivity index (χ0v) is 13.8. The fourth-order valence-electron chi connectivity index (χ4n) is 1.54. The Kier molecular flexibility index (Phi) is 7.79. The minimum Gasteiger partial charge on any atom is -0.355 e. The number of nitrogens with one attached hydrogen (secondary N) is 1. The Labute approximate surface area is 123 Å². The van der Waals surface area contributed by atoms with E-state index in [4.69, 9.17) is 5.73 Å². The summed E-state index contributed by atoms with van der Waals surface area (Å²) in [5.41, 5.74) is 5.54. The number of rotatable bonds is 7. The fraction of sp³-hybridized carbons (Fsp3) is 0.867. The monoisotopic (exact) mass is 285 g/mol. The maximum Gasteiger partial charge on any atom is 0.225 e. The number of carbonyl (C=O) groups is 2. The quantitative estimate of drug-likeness (QED) is 0.742. The Bertz CT molecular complexity index is 322. The van der Waals surface area contributed by atoms with Crippen LogP contribution in [-0.2, 0) is 9.59 Å². The van der Waals surface area contributed by atoms with E-state index in [2.05, 4.69) is 19.2 Å². The molecule has 0 radical (unpaired) electrons. The summed E-state index contributed by atoms with van der Waals surface area (Å²) in [6.07, 6.45) is 1.13. The molecule has 2 amide bonds. The Hall–Kier alpha value is -1.10. The maximum atomic E-state index is 11.9. The van der Waals surface area contributed by atoms with Gasteiger partial charge in [-0.3, -0.25) is 9.59 Å². The first-order chi connectivity index (χ1) is 9.05. The summed E-state index contributed by atoms with van der Waals surface area (Å²) in [7, 11) is 1.78. The van der Waals surface area contributed by atoms with Crippen LogP contribution in [0.5, 0.6) is 0 Å². The summed E-state index contributed by atoms with van der Waals surface area (Å²) in [4.78, 5) is 25.2. The second-order valence-corrected chi connectivity index (χ2v) is 6.77. The van der Waals surface area contributed by atoms with Gasteiger partial charge in [-0.05, 0) is 12.3 Å². The predicted molar refractivity (Wildman–Crippen MR) is 82.1 cm³/mol. The van der Waals surface area contributed by atoms with E-state index >= 15 is 0 Å². The van der Waals surface area contributed by atoms with Crippen molar-refractivity contribution in [2.45, 2.75) is 53.5 Å². The van der Waals surface area contributed by atoms with Crippen molar-refractivity contribution in [3.05, 3.63) is 0 Å². The average Bonchev–Trinajstić information content (AvgIpc) is 2.33. The van der Waals surface area contributed by atoms with Gasteiger partial charge in [0.05, 0.1) is 0 Å². The highest BCUT2D eigenvalue weighted by Crippen LogP contribution is 2.12. The van der Waals surface area contributed by atoms with Gasteiger partial charge in [0.15, 0.2) is 0 Å². The molecule has 1 unspecified atom stereocenters. The molecule has 5 nitrogen and oxygen atoms in total. The second kappa shape index (κ2) is 8.25. The molecule has 0 aliphatic heterocycles. The Morgan fingerprint density at radius 1 is 1.25 bits per heavy atom. The molecule has 0 spiro atoms. The van der Waals surface area contributed by atoms with Crippen molar-refractivity contribution < 1.29 is 9.59 Å². The SMILES string of the molecule is CC(C)C(N)CCN(C)C(=O)CCNC(=O)C(C)(C)C. The molecule has 0 aliphatic carbocycles. The molecule has 0 rings (SSSR count). The van der Waals surface area contributed by atoms with Crippen molar-refractivity contribution >= 4 is 11.8 Å². The van der Waals surface area contributed by atoms with Crippen LogP contribution in [0, 0.1) is 11.3 Å². The molecule has 0 aromatic carbocycles. The van der Waals surface area contributed by atoms with Gasteiger partial charge in [0.25, 0.3) is 0 Å². The van der Waals surface area contributed by atoms with Gasteiger partial charge in [-0.2, -0.15) is 0 Å². The van der Waals surface area contributed by atoms with Crippen LogP contribution in [0.2, 0.25) is 0 Å². The van der Waals surface area contributed by atoms with E-state index in [1.807, 2.05) is 20.8 Å². The van der Waals surface area contributed by atoms with E-state index in [1.165, 1.54) is 0 Å². The molecular formula is C15H31N3O2. The Morgan fingerprint density at radius 2 is 1.80 bits per heavy atom. The second-order valence-electron chi connectivity index (χ2n) is 6.77. The highest BCUT2D eigenvalue weighted by molar-refractivity contribution is 5.82. The first-order valence-electron chi connectivity index (χ1n) is 7.33. The van der Waals surface area contributed by atoms with Crippen LogP contribution < -0.4 is 11.1 Å². The molecule has 0 aliphatic rings. The normalized spacial score (nSPS) is 13.2. The molecule has 0 saturated heterocycles. The van der Waals surface area contributed by atoms with Crippen LogP contribution in [0.15, 0.2) is 0 Å². The first kappa shape index (κ1) is 18.9. The van der Waals surface area contributed by atoms with Crippen molar-refractivity contribution in [3.8, 4) is 0 Å². The van der Waals surface area contributed by atoms with Gasteiger partial charge in [0, 0.05) is 38.0 Å². The van der Waals surface area contributed by atoms with E-state index in [9.17, 15) is 9.59 Å². The van der Waals surface area contributed by atoms with Gasteiger partial charge in [-0.15, -0.1) is 0 Å². The number of nitrogens with two attached hydrogens (primary N) is 1. The minimum absolute atomic E-state index is 0.0326. The largest absolute Gasteiger partial charge is 0.355 e. The lowest BCUT2D eigenvalue weighted by Crippen LogP contribution is -2.38. The first-order valence-corrected chi connectivity index (χ1v) is 7.33. The molecule has 0 bridgehead atoms. The van der Waals surface area contributed by atoms with E-state index in [0.29, 0.717) is 25.4 Å². The molecular weight excluding hydrogens is 254 g/mol. The molecule has 1 atom stereocenters. The van der Waals surface area contributed by atoms with Crippen LogP contribution in [-0.4, -0.2) is 42.9 Å². The maximum absolute atomic E-state index is 11.9. The zero-order chi connectivity index (χ0) is 15.9. The smallest absolute Gasteiger partial charge is 0.225 e. The third-order valence-corrected chi connectivity index (χ3v) is 3.39. The summed E-state index contributed by atoms with van der Waals surface area (Å²) >= 11 is 0. The standard InChI is InChI=1S/C15H31N3O2/c1-11(2)12(16)8-10-18(6)13(19)7-9-17-14(20)15(3,4)5/h11-12H,7-10,16H2,1-6H3,(H,17,20). The molecule has 3 N–H and O–H groups in total. The highest BCUT2D eigenvalue weighted by atomic mass is 16.2. The van der Waals surface area contributed by atoms with Crippen LogP contribution in [0.25, 0.3) is 0 Å². The third-order valence-electron chi connectivity index (χ3n) is 3.39. The Balaban J connectivity index is 3.95. The number of hydrogen-bond donors (Lipinski definition) is 2. The van der Waals surface area contributed by atoms with Crippen molar-refractivity contribution in [1.29, 1.82) is 0 Å². The molecule has 5 heteroatoms. The van der Waals surface area contributed by atoms with Crippen molar-refractivity contribution in [2.75, 3.05) is 20.1 Å². The van der Waals surface area contributed by atoms with E-state index in [-0.39, 0.29) is 17.9 Å². The molecule has 0 heterocycles. The summed E-state index contributed by atoms with van der Waals surface area (Å²) in [5, 5.41) is 2.78. The fourth-order valence-corrected chi connectivity index (χ4v) is 1.54. The highest BCUT2D eigenvalue weighted by Gasteiger charge is 2.21. The molecule has 20 heavy (non-hydrogen) atoms. The Morgan fingerprint density at radius 3 is 2.25 bits per heavy atom. The molecule has 0 fully saturated rings. The number of hydrogen-bond acceptors (Lipinski definition) is 3. The van der Waals surface area contributed by atoms with Crippen LogP contribution in [0.1, 0.15) is 47.5 Å². The topological polar surface area (TPSA) is 75.4 Å². The summed E-state index contributed by atoms with van der Waals surface area (Å²) < 4.78 is 0. The summed E-state index contributed by atoms with van der Waals surface area (Å²) in [6.45, 7) is 10.8. The van der Waals surface area contributed by atoms with Crippen LogP contribution >= 0.6 is 0 Å². The minimum atomic E-state index is -0.418. The van der Waals surface area contributed by atoms with Gasteiger partial charge >= 0.3 is 0 Å². The zero-order valence-electron chi connectivity index (χ0n) is 13.8. The van der Waals surface area contributed by atoms with Crippen molar-refractivity contribution in [3.63, 3.8) is 0 Å². The molecule has 0 aromatic heterocycles. The van der Waals surface area contributed by atoms with E-state index in [0.717, 1.165) is 6.42 Å². The molecule has 118 valence electrons. The van der Waals surface area contributed by atoms with Crippen LogP contribution in [0.4, 0.5) is 0 Å². The van der Waals surface area contributed by atoms with Gasteiger partial charge in [-0.1, -0.05) is 34.6 Å².